The molecule has 1 aromatic heterocycles. The summed E-state index contributed by atoms with van der Waals surface area (Å²) in [5.41, 5.74) is 1.04. The van der Waals surface area contributed by atoms with Crippen LogP contribution in [0.2, 0.25) is 0 Å². The lowest BCUT2D eigenvalue weighted by molar-refractivity contribution is 0.174. The molecule has 0 saturated carbocycles. The van der Waals surface area contributed by atoms with Crippen LogP contribution >= 0.6 is 24.0 Å². The average molecular weight is 470 g/mol. The monoisotopic (exact) mass is 470 g/mol. The number of ether oxygens (including phenoxy) is 2. The molecule has 0 fully saturated rings. The Kier molecular flexibility index (Phi) is 7.25. The standard InChI is InChI=1S/C17H22N6O2.HI/c1-4-7-18-17(20-10-16-22-21-12(2)23(16)3)19-9-13-5-6-14-15(8-13)25-11-24-14;/h4-6,8H,1,7,9-11H2,2-3H3,(H2,18,19,20);1H. The normalized spacial score (nSPS) is 12.5. The number of rotatable bonds is 6. The van der Waals surface area contributed by atoms with Gasteiger partial charge in [-0.3, -0.25) is 0 Å². The van der Waals surface area contributed by atoms with E-state index in [4.69, 9.17) is 9.47 Å². The third kappa shape index (κ3) is 4.87. The smallest absolute Gasteiger partial charge is 0.231 e. The van der Waals surface area contributed by atoms with Crippen LogP contribution in [0.3, 0.4) is 0 Å². The van der Waals surface area contributed by atoms with Gasteiger partial charge in [-0.2, -0.15) is 0 Å². The number of aromatic nitrogens is 3. The van der Waals surface area contributed by atoms with Crippen molar-refractivity contribution in [2.75, 3.05) is 13.3 Å². The third-order valence-corrected chi connectivity index (χ3v) is 3.87. The van der Waals surface area contributed by atoms with Gasteiger partial charge in [0.25, 0.3) is 0 Å². The first-order valence-corrected chi connectivity index (χ1v) is 8.04. The molecule has 0 aliphatic carbocycles. The number of fused-ring (bicyclic) bond motifs is 1. The first-order chi connectivity index (χ1) is 12.2. The number of halogens is 1. The second-order valence-electron chi connectivity index (χ2n) is 5.60. The molecule has 26 heavy (non-hydrogen) atoms. The Morgan fingerprint density at radius 2 is 2.12 bits per heavy atom. The van der Waals surface area contributed by atoms with Gasteiger partial charge in [-0.25, -0.2) is 4.99 Å². The van der Waals surface area contributed by atoms with Gasteiger partial charge in [0.15, 0.2) is 23.3 Å². The fourth-order valence-corrected chi connectivity index (χ4v) is 2.32. The van der Waals surface area contributed by atoms with Gasteiger partial charge >= 0.3 is 0 Å². The minimum Gasteiger partial charge on any atom is -0.454 e. The number of benzene rings is 1. The van der Waals surface area contributed by atoms with Crippen molar-refractivity contribution < 1.29 is 9.47 Å². The van der Waals surface area contributed by atoms with Crippen LogP contribution in [0.1, 0.15) is 17.2 Å². The molecule has 0 radical (unpaired) electrons. The molecule has 0 bridgehead atoms. The third-order valence-electron chi connectivity index (χ3n) is 3.87. The predicted molar refractivity (Wildman–Crippen MR) is 110 cm³/mol. The quantitative estimate of drug-likeness (QED) is 0.291. The molecule has 2 heterocycles. The van der Waals surface area contributed by atoms with Gasteiger partial charge < -0.3 is 24.7 Å². The van der Waals surface area contributed by atoms with Crippen molar-refractivity contribution in [1.82, 2.24) is 25.4 Å². The van der Waals surface area contributed by atoms with Gasteiger partial charge in [0, 0.05) is 13.6 Å². The number of guanidine groups is 1. The summed E-state index contributed by atoms with van der Waals surface area (Å²) in [6.07, 6.45) is 1.78. The summed E-state index contributed by atoms with van der Waals surface area (Å²) in [5, 5.41) is 14.7. The van der Waals surface area contributed by atoms with Gasteiger partial charge in [-0.05, 0) is 24.6 Å². The highest BCUT2D eigenvalue weighted by atomic mass is 127. The minimum atomic E-state index is 0. The van der Waals surface area contributed by atoms with Crippen molar-refractivity contribution in [3.05, 3.63) is 48.1 Å². The van der Waals surface area contributed by atoms with Crippen LogP contribution < -0.4 is 20.1 Å². The Morgan fingerprint density at radius 3 is 2.85 bits per heavy atom. The lowest BCUT2D eigenvalue weighted by Gasteiger charge is -2.11. The summed E-state index contributed by atoms with van der Waals surface area (Å²) in [4.78, 5) is 4.60. The summed E-state index contributed by atoms with van der Waals surface area (Å²) in [7, 11) is 1.94. The number of aryl methyl sites for hydroxylation is 1. The number of hydrogen-bond donors (Lipinski definition) is 2. The van der Waals surface area contributed by atoms with Crippen LogP contribution in [0.5, 0.6) is 11.5 Å². The molecule has 0 saturated heterocycles. The van der Waals surface area contributed by atoms with Gasteiger partial charge in [0.1, 0.15) is 5.82 Å². The largest absolute Gasteiger partial charge is 0.454 e. The molecule has 0 spiro atoms. The zero-order valence-electron chi connectivity index (χ0n) is 14.9. The van der Waals surface area contributed by atoms with Crippen LogP contribution in [0.15, 0.2) is 35.8 Å². The molecule has 1 aliphatic rings. The maximum atomic E-state index is 5.40. The zero-order chi connectivity index (χ0) is 17.6. The number of nitrogens with one attached hydrogen (secondary N) is 2. The second kappa shape index (κ2) is 9.41. The molecule has 0 amide bonds. The molecule has 0 atom stereocenters. The number of aliphatic imine (C=N–C) groups is 1. The molecule has 140 valence electrons. The predicted octanol–water partition coefficient (Wildman–Crippen LogP) is 1.89. The Labute approximate surface area is 169 Å². The van der Waals surface area contributed by atoms with E-state index in [-0.39, 0.29) is 30.8 Å². The molecule has 2 aromatic rings. The topological polar surface area (TPSA) is 85.6 Å². The molecule has 8 nitrogen and oxygen atoms in total. The van der Waals surface area contributed by atoms with E-state index in [1.807, 2.05) is 36.7 Å². The van der Waals surface area contributed by atoms with Crippen molar-refractivity contribution in [2.24, 2.45) is 12.0 Å². The lowest BCUT2D eigenvalue weighted by Crippen LogP contribution is -2.37. The van der Waals surface area contributed by atoms with E-state index >= 15 is 0 Å². The molecule has 2 N–H and O–H groups in total. The Morgan fingerprint density at radius 1 is 1.31 bits per heavy atom. The fraction of sp³-hybridized carbons (Fsp3) is 0.353. The van der Waals surface area contributed by atoms with Crippen molar-refractivity contribution in [1.29, 1.82) is 0 Å². The minimum absolute atomic E-state index is 0. The Bertz CT molecular complexity index is 790. The molecule has 9 heteroatoms. The molecule has 3 rings (SSSR count). The zero-order valence-corrected chi connectivity index (χ0v) is 17.2. The summed E-state index contributed by atoms with van der Waals surface area (Å²) < 4.78 is 12.7. The molecular weight excluding hydrogens is 447 g/mol. The molecule has 0 unspecified atom stereocenters. The SMILES string of the molecule is C=CCNC(=NCc1ccc2c(c1)OCO2)NCc1nnc(C)n1C.I. The summed E-state index contributed by atoms with van der Waals surface area (Å²) in [6, 6.07) is 5.83. The van der Waals surface area contributed by atoms with E-state index in [1.165, 1.54) is 0 Å². The van der Waals surface area contributed by atoms with Gasteiger partial charge in [0.2, 0.25) is 6.79 Å². The van der Waals surface area contributed by atoms with Crippen molar-refractivity contribution in [3.63, 3.8) is 0 Å². The highest BCUT2D eigenvalue weighted by molar-refractivity contribution is 14.0. The molecule has 1 aromatic carbocycles. The van der Waals surface area contributed by atoms with E-state index < -0.39 is 0 Å². The van der Waals surface area contributed by atoms with Gasteiger partial charge in [-0.1, -0.05) is 12.1 Å². The molecule has 1 aliphatic heterocycles. The first-order valence-electron chi connectivity index (χ1n) is 8.04. The number of hydrogen-bond acceptors (Lipinski definition) is 5. The van der Waals surface area contributed by atoms with Crippen LogP contribution in [0.25, 0.3) is 0 Å². The van der Waals surface area contributed by atoms with Crippen molar-refractivity contribution >= 4 is 29.9 Å². The van der Waals surface area contributed by atoms with E-state index in [1.54, 1.807) is 6.08 Å². The van der Waals surface area contributed by atoms with Crippen LogP contribution in [0, 0.1) is 6.92 Å². The van der Waals surface area contributed by atoms with Crippen LogP contribution in [0.4, 0.5) is 0 Å². The summed E-state index contributed by atoms with van der Waals surface area (Å²) in [5.74, 6) is 3.92. The van der Waals surface area contributed by atoms with E-state index in [2.05, 4.69) is 32.4 Å². The summed E-state index contributed by atoms with van der Waals surface area (Å²) >= 11 is 0. The second-order valence-corrected chi connectivity index (χ2v) is 5.60. The summed E-state index contributed by atoms with van der Waals surface area (Å²) in [6.45, 7) is 7.57. The Hall–Kier alpha value is -2.30. The van der Waals surface area contributed by atoms with E-state index in [0.29, 0.717) is 25.6 Å². The van der Waals surface area contributed by atoms with E-state index in [9.17, 15) is 0 Å². The maximum absolute atomic E-state index is 5.40. The average Bonchev–Trinajstić information content (AvgIpc) is 3.21. The van der Waals surface area contributed by atoms with Gasteiger partial charge in [0.05, 0.1) is 13.1 Å². The van der Waals surface area contributed by atoms with Crippen molar-refractivity contribution in [3.8, 4) is 11.5 Å². The Balaban J connectivity index is 0.00000243. The van der Waals surface area contributed by atoms with Crippen LogP contribution in [-0.2, 0) is 20.1 Å². The number of nitrogens with zero attached hydrogens (tertiary/aromatic N) is 4. The van der Waals surface area contributed by atoms with Crippen LogP contribution in [-0.4, -0.2) is 34.1 Å². The van der Waals surface area contributed by atoms with Crippen molar-refractivity contribution in [2.45, 2.75) is 20.0 Å². The first kappa shape index (κ1) is 20.0. The highest BCUT2D eigenvalue weighted by Gasteiger charge is 2.13. The fourth-order valence-electron chi connectivity index (χ4n) is 2.32. The van der Waals surface area contributed by atoms with E-state index in [0.717, 1.165) is 28.7 Å². The maximum Gasteiger partial charge on any atom is 0.231 e. The molecular formula is C17H23IN6O2. The lowest BCUT2D eigenvalue weighted by atomic mass is 10.2. The van der Waals surface area contributed by atoms with Gasteiger partial charge in [-0.15, -0.1) is 40.8 Å². The highest BCUT2D eigenvalue weighted by Crippen LogP contribution is 2.32.